The number of hydrogen-bond acceptors (Lipinski definition) is 5. The predicted octanol–water partition coefficient (Wildman–Crippen LogP) is 5.76. The van der Waals surface area contributed by atoms with Gasteiger partial charge in [-0.15, -0.1) is 0 Å². The predicted molar refractivity (Wildman–Crippen MR) is 135 cm³/mol. The molecule has 192 valence electrons. The van der Waals surface area contributed by atoms with E-state index < -0.39 is 33.9 Å². The molecule has 2 aromatic carbocycles. The van der Waals surface area contributed by atoms with Crippen molar-refractivity contribution in [3.05, 3.63) is 58.0 Å². The van der Waals surface area contributed by atoms with Crippen LogP contribution in [-0.2, 0) is 4.79 Å². The third-order valence-electron chi connectivity index (χ3n) is 6.24. The van der Waals surface area contributed by atoms with Crippen molar-refractivity contribution >= 4 is 28.3 Å². The first kappa shape index (κ1) is 25.8. The van der Waals surface area contributed by atoms with Gasteiger partial charge < -0.3 is 20.0 Å². The van der Waals surface area contributed by atoms with Gasteiger partial charge in [-0.2, -0.15) is 0 Å². The minimum Gasteiger partial charge on any atom is -0.453 e. The number of hydrogen-bond donors (Lipinski definition) is 2. The third kappa shape index (κ3) is 5.56. The highest BCUT2D eigenvalue weighted by Crippen LogP contribution is 2.32. The standard InChI is InChI=1S/C27H30F3N3O3/c1-27(2,3)26(35)32-20-8-7-16(13-17(20)28)22-15-21(34)23-24(18(29)14-19(30)25(23)36-22)31-9-6-12-33-10-4-5-11-33/h7-8,13-15,31H,4-6,9-12H2,1-3H3,(H,32,35). The second-order valence-electron chi connectivity index (χ2n) is 10.1. The van der Waals surface area contributed by atoms with Gasteiger partial charge in [-0.1, -0.05) is 20.8 Å². The number of amides is 1. The number of fused-ring (bicyclic) bond motifs is 1. The molecule has 1 aromatic heterocycles. The molecule has 4 rings (SSSR count). The molecule has 2 N–H and O–H groups in total. The summed E-state index contributed by atoms with van der Waals surface area (Å²) in [5.74, 6) is -3.10. The summed E-state index contributed by atoms with van der Waals surface area (Å²) < 4.78 is 49.6. The molecular weight excluding hydrogens is 471 g/mol. The van der Waals surface area contributed by atoms with Crippen molar-refractivity contribution < 1.29 is 22.4 Å². The Kier molecular flexibility index (Phi) is 7.40. The van der Waals surface area contributed by atoms with E-state index in [-0.39, 0.29) is 34.0 Å². The number of carbonyl (C=O) groups is 1. The second-order valence-corrected chi connectivity index (χ2v) is 10.1. The van der Waals surface area contributed by atoms with Gasteiger partial charge in [-0.3, -0.25) is 9.59 Å². The molecule has 1 aliphatic rings. The van der Waals surface area contributed by atoms with Gasteiger partial charge in [0.05, 0.1) is 16.8 Å². The SMILES string of the molecule is CC(C)(C)C(=O)Nc1ccc(-c2cc(=O)c3c(NCCCN4CCCC4)c(F)cc(F)c3o2)cc1F. The molecular formula is C27H30F3N3O3. The van der Waals surface area contributed by atoms with Crippen molar-refractivity contribution in [3.63, 3.8) is 0 Å². The van der Waals surface area contributed by atoms with Crippen LogP contribution in [0.5, 0.6) is 0 Å². The lowest BCUT2D eigenvalue weighted by Gasteiger charge is -2.18. The van der Waals surface area contributed by atoms with Gasteiger partial charge in [0.1, 0.15) is 17.4 Å². The Morgan fingerprint density at radius 3 is 2.42 bits per heavy atom. The molecule has 1 amide bonds. The van der Waals surface area contributed by atoms with Crippen LogP contribution < -0.4 is 16.1 Å². The van der Waals surface area contributed by atoms with Crippen molar-refractivity contribution in [2.45, 2.75) is 40.0 Å². The van der Waals surface area contributed by atoms with E-state index in [2.05, 4.69) is 15.5 Å². The van der Waals surface area contributed by atoms with E-state index in [9.17, 15) is 22.8 Å². The van der Waals surface area contributed by atoms with E-state index in [0.717, 1.165) is 38.2 Å². The Balaban J connectivity index is 1.61. The molecule has 1 aliphatic heterocycles. The number of nitrogens with zero attached hydrogens (tertiary/aromatic N) is 1. The van der Waals surface area contributed by atoms with Gasteiger partial charge in [0.25, 0.3) is 0 Å². The molecule has 6 nitrogen and oxygen atoms in total. The summed E-state index contributed by atoms with van der Waals surface area (Å²) >= 11 is 0. The number of nitrogens with one attached hydrogen (secondary N) is 2. The first-order valence-electron chi connectivity index (χ1n) is 12.1. The van der Waals surface area contributed by atoms with Crippen LogP contribution in [0.4, 0.5) is 24.5 Å². The summed E-state index contributed by atoms with van der Waals surface area (Å²) in [5, 5.41) is 5.21. The maximum Gasteiger partial charge on any atom is 0.229 e. The lowest BCUT2D eigenvalue weighted by atomic mass is 9.95. The lowest BCUT2D eigenvalue weighted by molar-refractivity contribution is -0.123. The molecule has 0 aliphatic carbocycles. The molecule has 0 atom stereocenters. The van der Waals surface area contributed by atoms with Crippen LogP contribution >= 0.6 is 0 Å². The van der Waals surface area contributed by atoms with Crippen LogP contribution in [-0.4, -0.2) is 37.0 Å². The van der Waals surface area contributed by atoms with Gasteiger partial charge in [-0.25, -0.2) is 13.2 Å². The van der Waals surface area contributed by atoms with Crippen LogP contribution in [0.2, 0.25) is 0 Å². The molecule has 0 bridgehead atoms. The van der Waals surface area contributed by atoms with Crippen molar-refractivity contribution in [2.75, 3.05) is 36.8 Å². The summed E-state index contributed by atoms with van der Waals surface area (Å²) in [7, 11) is 0. The minimum absolute atomic E-state index is 0.0320. The minimum atomic E-state index is -1.03. The number of anilines is 2. The Morgan fingerprint density at radius 2 is 1.75 bits per heavy atom. The van der Waals surface area contributed by atoms with Crippen LogP contribution in [0, 0.1) is 22.9 Å². The zero-order valence-electron chi connectivity index (χ0n) is 20.6. The van der Waals surface area contributed by atoms with E-state index in [1.165, 1.54) is 25.0 Å². The topological polar surface area (TPSA) is 74.6 Å². The van der Waals surface area contributed by atoms with E-state index in [1.54, 1.807) is 20.8 Å². The first-order valence-corrected chi connectivity index (χ1v) is 12.1. The number of carbonyl (C=O) groups excluding carboxylic acids is 1. The monoisotopic (exact) mass is 501 g/mol. The number of likely N-dealkylation sites (tertiary alicyclic amines) is 1. The normalized spacial score (nSPS) is 14.4. The number of rotatable bonds is 7. The van der Waals surface area contributed by atoms with E-state index in [4.69, 9.17) is 4.42 Å². The molecule has 36 heavy (non-hydrogen) atoms. The molecule has 0 unspecified atom stereocenters. The Bertz CT molecular complexity index is 1340. The van der Waals surface area contributed by atoms with Gasteiger partial charge in [0.15, 0.2) is 16.8 Å². The van der Waals surface area contributed by atoms with E-state index in [0.29, 0.717) is 12.6 Å². The summed E-state index contributed by atoms with van der Waals surface area (Å²) in [6.45, 7) is 8.45. The number of halogens is 3. The quantitative estimate of drug-likeness (QED) is 0.403. The van der Waals surface area contributed by atoms with Crippen LogP contribution in [0.25, 0.3) is 22.3 Å². The molecule has 3 aromatic rings. The summed E-state index contributed by atoms with van der Waals surface area (Å²) in [6.07, 6.45) is 3.08. The van der Waals surface area contributed by atoms with Crippen LogP contribution in [0.15, 0.2) is 39.5 Å². The fourth-order valence-corrected chi connectivity index (χ4v) is 4.18. The Hall–Kier alpha value is -3.33. The lowest BCUT2D eigenvalue weighted by Crippen LogP contribution is -2.28. The maximum absolute atomic E-state index is 14.7. The molecule has 2 heterocycles. The molecule has 1 saturated heterocycles. The molecule has 1 fully saturated rings. The molecule has 0 radical (unpaired) electrons. The Labute approximate surface area is 207 Å². The summed E-state index contributed by atoms with van der Waals surface area (Å²) in [4.78, 5) is 27.4. The van der Waals surface area contributed by atoms with Crippen molar-refractivity contribution in [2.24, 2.45) is 5.41 Å². The van der Waals surface area contributed by atoms with E-state index in [1.807, 2.05) is 0 Å². The Morgan fingerprint density at radius 1 is 1.03 bits per heavy atom. The summed E-state index contributed by atoms with van der Waals surface area (Å²) in [5.41, 5.74) is -1.76. The highest BCUT2D eigenvalue weighted by Gasteiger charge is 2.23. The van der Waals surface area contributed by atoms with Crippen LogP contribution in [0.1, 0.15) is 40.0 Å². The fraction of sp³-hybridized carbons (Fsp3) is 0.407. The largest absolute Gasteiger partial charge is 0.453 e. The van der Waals surface area contributed by atoms with Gasteiger partial charge in [0.2, 0.25) is 5.91 Å². The zero-order valence-corrected chi connectivity index (χ0v) is 20.6. The van der Waals surface area contributed by atoms with Gasteiger partial charge in [-0.05, 0) is 57.1 Å². The number of benzene rings is 2. The van der Waals surface area contributed by atoms with Crippen molar-refractivity contribution in [3.8, 4) is 11.3 Å². The zero-order chi connectivity index (χ0) is 26.0. The molecule has 0 spiro atoms. The van der Waals surface area contributed by atoms with E-state index >= 15 is 0 Å². The maximum atomic E-state index is 14.7. The average Bonchev–Trinajstić information content (AvgIpc) is 3.32. The van der Waals surface area contributed by atoms with Crippen molar-refractivity contribution in [1.82, 2.24) is 4.90 Å². The highest BCUT2D eigenvalue weighted by atomic mass is 19.1. The molecule has 0 saturated carbocycles. The van der Waals surface area contributed by atoms with Gasteiger partial charge >= 0.3 is 0 Å². The molecule has 9 heteroatoms. The van der Waals surface area contributed by atoms with Gasteiger partial charge in [0, 0.05) is 29.7 Å². The second kappa shape index (κ2) is 10.3. The summed E-state index contributed by atoms with van der Waals surface area (Å²) in [6, 6.07) is 5.63. The first-order chi connectivity index (χ1) is 17.0. The fourth-order valence-electron chi connectivity index (χ4n) is 4.18. The van der Waals surface area contributed by atoms with Crippen molar-refractivity contribution in [1.29, 1.82) is 0 Å². The van der Waals surface area contributed by atoms with Crippen LogP contribution in [0.3, 0.4) is 0 Å². The highest BCUT2D eigenvalue weighted by molar-refractivity contribution is 5.95. The smallest absolute Gasteiger partial charge is 0.229 e. The third-order valence-corrected chi connectivity index (χ3v) is 6.24. The average molecular weight is 502 g/mol.